The lowest BCUT2D eigenvalue weighted by Gasteiger charge is -2.40. The predicted molar refractivity (Wildman–Crippen MR) is 87.5 cm³/mol. The van der Waals surface area contributed by atoms with E-state index in [2.05, 4.69) is 19.2 Å². The Bertz CT molecular complexity index is 598. The lowest BCUT2D eigenvalue weighted by Crippen LogP contribution is -2.49. The summed E-state index contributed by atoms with van der Waals surface area (Å²) in [6.45, 7) is 7.10. The Morgan fingerprint density at radius 2 is 2.10 bits per heavy atom. The predicted octanol–water partition coefficient (Wildman–Crippen LogP) is 3.67. The van der Waals surface area contributed by atoms with Gasteiger partial charge in [-0.25, -0.2) is 8.42 Å². The van der Waals surface area contributed by atoms with E-state index in [0.717, 1.165) is 19.4 Å². The summed E-state index contributed by atoms with van der Waals surface area (Å²) in [6, 6.07) is 6.62. The van der Waals surface area contributed by atoms with Crippen molar-refractivity contribution in [2.45, 2.75) is 56.2 Å². The number of sulfone groups is 1. The number of halogens is 1. The summed E-state index contributed by atoms with van der Waals surface area (Å²) in [6.07, 6.45) is 2.62. The van der Waals surface area contributed by atoms with Crippen molar-refractivity contribution in [3.8, 4) is 0 Å². The van der Waals surface area contributed by atoms with Gasteiger partial charge in [-0.05, 0) is 49.4 Å². The van der Waals surface area contributed by atoms with E-state index in [1.165, 1.54) is 0 Å². The van der Waals surface area contributed by atoms with Gasteiger partial charge in [-0.1, -0.05) is 38.4 Å². The van der Waals surface area contributed by atoms with Gasteiger partial charge in [0.25, 0.3) is 0 Å². The van der Waals surface area contributed by atoms with Crippen molar-refractivity contribution in [2.75, 3.05) is 6.54 Å². The van der Waals surface area contributed by atoms with Gasteiger partial charge in [0, 0.05) is 11.1 Å². The maximum absolute atomic E-state index is 13.0. The maximum atomic E-state index is 13.0. The lowest BCUT2D eigenvalue weighted by atomic mass is 9.75. The highest BCUT2D eigenvalue weighted by Gasteiger charge is 2.42. The highest BCUT2D eigenvalue weighted by molar-refractivity contribution is 7.92. The van der Waals surface area contributed by atoms with Gasteiger partial charge < -0.3 is 5.32 Å². The van der Waals surface area contributed by atoms with Crippen molar-refractivity contribution in [1.82, 2.24) is 5.32 Å². The second kappa shape index (κ2) is 6.27. The van der Waals surface area contributed by atoms with Crippen molar-refractivity contribution in [3.63, 3.8) is 0 Å². The molecule has 0 aliphatic heterocycles. The summed E-state index contributed by atoms with van der Waals surface area (Å²) in [7, 11) is -3.37. The molecule has 1 aliphatic rings. The topological polar surface area (TPSA) is 46.2 Å². The highest BCUT2D eigenvalue weighted by Crippen LogP contribution is 2.40. The number of hydrogen-bond donors (Lipinski definition) is 1. The minimum absolute atomic E-state index is 0.0204. The van der Waals surface area contributed by atoms with Gasteiger partial charge >= 0.3 is 0 Å². The van der Waals surface area contributed by atoms with Crippen LogP contribution in [0, 0.1) is 5.41 Å². The molecule has 2 atom stereocenters. The van der Waals surface area contributed by atoms with E-state index in [-0.39, 0.29) is 16.7 Å². The molecule has 2 rings (SSSR count). The first-order chi connectivity index (χ1) is 9.76. The van der Waals surface area contributed by atoms with Crippen LogP contribution in [0.4, 0.5) is 0 Å². The molecule has 0 aromatic heterocycles. The van der Waals surface area contributed by atoms with E-state index in [9.17, 15) is 8.42 Å². The summed E-state index contributed by atoms with van der Waals surface area (Å²) in [5.41, 5.74) is 0.0578. The van der Waals surface area contributed by atoms with E-state index in [1.807, 2.05) is 6.92 Å². The van der Waals surface area contributed by atoms with Crippen molar-refractivity contribution >= 4 is 21.4 Å². The summed E-state index contributed by atoms with van der Waals surface area (Å²) >= 11 is 5.96. The number of hydrogen-bond acceptors (Lipinski definition) is 3. The third kappa shape index (κ3) is 3.79. The molecule has 0 amide bonds. The van der Waals surface area contributed by atoms with Crippen LogP contribution in [-0.4, -0.2) is 26.3 Å². The average molecular weight is 330 g/mol. The number of nitrogens with one attached hydrogen (secondary N) is 1. The van der Waals surface area contributed by atoms with E-state index < -0.39 is 9.84 Å². The first-order valence-electron chi connectivity index (χ1n) is 7.49. The van der Waals surface area contributed by atoms with Crippen molar-refractivity contribution < 1.29 is 8.42 Å². The van der Waals surface area contributed by atoms with Crippen molar-refractivity contribution in [3.05, 3.63) is 29.3 Å². The van der Waals surface area contributed by atoms with E-state index >= 15 is 0 Å². The van der Waals surface area contributed by atoms with Crippen LogP contribution in [0.2, 0.25) is 5.02 Å². The van der Waals surface area contributed by atoms with Gasteiger partial charge in [0.1, 0.15) is 0 Å². The Labute approximate surface area is 133 Å². The number of benzene rings is 1. The molecule has 118 valence electrons. The fraction of sp³-hybridized carbons (Fsp3) is 0.625. The molecule has 0 bridgehead atoms. The molecule has 21 heavy (non-hydrogen) atoms. The van der Waals surface area contributed by atoms with Crippen LogP contribution in [0.5, 0.6) is 0 Å². The van der Waals surface area contributed by atoms with Gasteiger partial charge in [0.15, 0.2) is 9.84 Å². The Balaban J connectivity index is 2.38. The maximum Gasteiger partial charge on any atom is 0.182 e. The van der Waals surface area contributed by atoms with Gasteiger partial charge in [-0.2, -0.15) is 0 Å². The van der Waals surface area contributed by atoms with Crippen molar-refractivity contribution in [2.24, 2.45) is 5.41 Å². The van der Waals surface area contributed by atoms with E-state index in [4.69, 9.17) is 11.6 Å². The molecule has 1 aliphatic carbocycles. The second-order valence-electron chi connectivity index (χ2n) is 6.61. The van der Waals surface area contributed by atoms with Crippen LogP contribution in [0.1, 0.15) is 40.0 Å². The SMILES string of the molecule is CCNC1CCC(C)(C)CC1S(=O)(=O)c1cccc(Cl)c1. The van der Waals surface area contributed by atoms with E-state index in [0.29, 0.717) is 16.3 Å². The molecule has 1 aromatic carbocycles. The summed E-state index contributed by atoms with van der Waals surface area (Å²) < 4.78 is 26.0. The summed E-state index contributed by atoms with van der Waals surface area (Å²) in [5.74, 6) is 0. The van der Waals surface area contributed by atoms with Crippen LogP contribution in [-0.2, 0) is 9.84 Å². The smallest absolute Gasteiger partial charge is 0.182 e. The zero-order valence-electron chi connectivity index (χ0n) is 12.9. The largest absolute Gasteiger partial charge is 0.313 e. The second-order valence-corrected chi connectivity index (χ2v) is 9.22. The molecule has 5 heteroatoms. The fourth-order valence-electron chi connectivity index (χ4n) is 3.16. The molecule has 1 fully saturated rings. The molecule has 1 aromatic rings. The minimum atomic E-state index is -3.37. The number of rotatable bonds is 4. The van der Waals surface area contributed by atoms with Crippen LogP contribution < -0.4 is 5.32 Å². The Hall–Kier alpha value is -0.580. The summed E-state index contributed by atoms with van der Waals surface area (Å²) in [5, 5.41) is 3.43. The Morgan fingerprint density at radius 1 is 1.38 bits per heavy atom. The molecule has 0 spiro atoms. The Morgan fingerprint density at radius 3 is 2.71 bits per heavy atom. The molecule has 2 unspecified atom stereocenters. The van der Waals surface area contributed by atoms with Crippen LogP contribution in [0.3, 0.4) is 0 Å². The molecular formula is C16H24ClNO2S. The molecule has 3 nitrogen and oxygen atoms in total. The standard InChI is InChI=1S/C16H24ClNO2S/c1-4-18-14-8-9-16(2,3)11-15(14)21(19,20)13-7-5-6-12(17)10-13/h5-7,10,14-15,18H,4,8-9,11H2,1-3H3. The quantitative estimate of drug-likeness (QED) is 0.916. The van der Waals surface area contributed by atoms with E-state index in [1.54, 1.807) is 24.3 Å². The van der Waals surface area contributed by atoms with Gasteiger partial charge in [-0.15, -0.1) is 0 Å². The van der Waals surface area contributed by atoms with Gasteiger partial charge in [0.05, 0.1) is 10.1 Å². The van der Waals surface area contributed by atoms with Crippen LogP contribution >= 0.6 is 11.6 Å². The molecular weight excluding hydrogens is 306 g/mol. The zero-order chi connectivity index (χ0) is 15.7. The average Bonchev–Trinajstić information content (AvgIpc) is 2.40. The minimum Gasteiger partial charge on any atom is -0.313 e. The van der Waals surface area contributed by atoms with Crippen molar-refractivity contribution in [1.29, 1.82) is 0 Å². The third-order valence-corrected chi connectivity index (χ3v) is 6.76. The fourth-order valence-corrected chi connectivity index (χ4v) is 5.66. The van der Waals surface area contributed by atoms with Gasteiger partial charge in [-0.3, -0.25) is 0 Å². The van der Waals surface area contributed by atoms with Crippen LogP contribution in [0.15, 0.2) is 29.2 Å². The molecule has 0 saturated heterocycles. The molecule has 0 radical (unpaired) electrons. The Kier molecular flexibility index (Phi) is 5.01. The lowest BCUT2D eigenvalue weighted by molar-refractivity contribution is 0.210. The summed E-state index contributed by atoms with van der Waals surface area (Å²) in [4.78, 5) is 0.334. The van der Waals surface area contributed by atoms with Gasteiger partial charge in [0.2, 0.25) is 0 Å². The first kappa shape index (κ1) is 16.8. The zero-order valence-corrected chi connectivity index (χ0v) is 14.5. The first-order valence-corrected chi connectivity index (χ1v) is 9.41. The normalized spacial score (nSPS) is 25.7. The molecule has 0 heterocycles. The van der Waals surface area contributed by atoms with Crippen LogP contribution in [0.25, 0.3) is 0 Å². The monoisotopic (exact) mass is 329 g/mol. The third-order valence-electron chi connectivity index (χ3n) is 4.32. The highest BCUT2D eigenvalue weighted by atomic mass is 35.5. The molecule has 1 saturated carbocycles. The molecule has 1 N–H and O–H groups in total.